The number of ether oxygens (including phenoxy) is 1. The van der Waals surface area contributed by atoms with Gasteiger partial charge in [-0.1, -0.05) is 29.8 Å². The third-order valence-electron chi connectivity index (χ3n) is 4.33. The van der Waals surface area contributed by atoms with Crippen molar-refractivity contribution >= 4 is 15.7 Å². The van der Waals surface area contributed by atoms with Gasteiger partial charge < -0.3 is 4.74 Å². The number of aromatic nitrogens is 4. The van der Waals surface area contributed by atoms with Crippen LogP contribution in [0.2, 0.25) is 0 Å². The quantitative estimate of drug-likeness (QED) is 0.471. The molecular formula is C22H21N5O3S. The molecule has 0 unspecified atom stereocenters. The maximum Gasteiger partial charge on any atom is 0.236 e. The molecule has 8 nitrogen and oxygen atoms in total. The highest BCUT2D eigenvalue weighted by atomic mass is 32.2. The van der Waals surface area contributed by atoms with E-state index >= 15 is 0 Å². The van der Waals surface area contributed by atoms with Gasteiger partial charge in [0, 0.05) is 24.1 Å². The molecule has 0 amide bonds. The third kappa shape index (κ3) is 5.46. The Bertz CT molecular complexity index is 1290. The highest BCUT2D eigenvalue weighted by Crippen LogP contribution is 2.24. The SMILES string of the molecule is Cc1cccc(CS(=O)(=O)Nc2ccc(Oc3cc(-n4cccn4)nc(C)n3)cc2)c1. The van der Waals surface area contributed by atoms with Crippen molar-refractivity contribution in [3.63, 3.8) is 0 Å². The zero-order valence-electron chi connectivity index (χ0n) is 17.1. The van der Waals surface area contributed by atoms with E-state index in [1.165, 1.54) is 0 Å². The molecule has 2 aromatic heterocycles. The highest BCUT2D eigenvalue weighted by Gasteiger charge is 2.12. The second kappa shape index (κ2) is 8.57. The molecule has 0 aliphatic rings. The molecule has 0 saturated carbocycles. The van der Waals surface area contributed by atoms with Gasteiger partial charge in [-0.25, -0.2) is 18.1 Å². The van der Waals surface area contributed by atoms with Crippen LogP contribution in [0.15, 0.2) is 73.1 Å². The normalized spacial score (nSPS) is 11.3. The van der Waals surface area contributed by atoms with E-state index in [2.05, 4.69) is 19.8 Å². The lowest BCUT2D eigenvalue weighted by atomic mass is 10.2. The maximum atomic E-state index is 12.5. The molecule has 0 radical (unpaired) electrons. The fourth-order valence-electron chi connectivity index (χ4n) is 3.05. The van der Waals surface area contributed by atoms with Gasteiger partial charge in [0.2, 0.25) is 15.9 Å². The minimum Gasteiger partial charge on any atom is -0.439 e. The van der Waals surface area contributed by atoms with Crippen LogP contribution in [0.3, 0.4) is 0 Å². The molecule has 0 bridgehead atoms. The lowest BCUT2D eigenvalue weighted by Crippen LogP contribution is -2.15. The van der Waals surface area contributed by atoms with Crippen LogP contribution in [0.25, 0.3) is 5.82 Å². The maximum absolute atomic E-state index is 12.5. The van der Waals surface area contributed by atoms with Gasteiger partial charge in [-0.3, -0.25) is 4.72 Å². The number of hydrogen-bond donors (Lipinski definition) is 1. The molecule has 9 heteroatoms. The molecule has 158 valence electrons. The molecule has 2 heterocycles. The Morgan fingerprint density at radius 3 is 2.52 bits per heavy atom. The van der Waals surface area contributed by atoms with Gasteiger partial charge in [-0.05, 0) is 49.7 Å². The van der Waals surface area contributed by atoms with Crippen molar-refractivity contribution in [3.8, 4) is 17.4 Å². The molecule has 0 spiro atoms. The summed E-state index contributed by atoms with van der Waals surface area (Å²) in [5.74, 6) is 1.93. The Labute approximate surface area is 180 Å². The Hall–Kier alpha value is -3.72. The van der Waals surface area contributed by atoms with Gasteiger partial charge in [0.05, 0.1) is 5.75 Å². The van der Waals surface area contributed by atoms with Crippen LogP contribution >= 0.6 is 0 Å². The fourth-order valence-corrected chi connectivity index (χ4v) is 4.23. The first-order valence-electron chi connectivity index (χ1n) is 9.56. The molecule has 0 aliphatic heterocycles. The predicted octanol–water partition coefficient (Wildman–Crippen LogP) is 4.01. The van der Waals surface area contributed by atoms with E-state index in [1.54, 1.807) is 66.5 Å². The second-order valence-electron chi connectivity index (χ2n) is 7.04. The van der Waals surface area contributed by atoms with Gasteiger partial charge in [-0.15, -0.1) is 0 Å². The molecule has 0 atom stereocenters. The van der Waals surface area contributed by atoms with E-state index in [1.807, 2.05) is 25.1 Å². The Morgan fingerprint density at radius 2 is 1.81 bits per heavy atom. The predicted molar refractivity (Wildman–Crippen MR) is 118 cm³/mol. The van der Waals surface area contributed by atoms with Crippen LogP contribution < -0.4 is 9.46 Å². The van der Waals surface area contributed by atoms with Crippen LogP contribution in [0.5, 0.6) is 11.6 Å². The van der Waals surface area contributed by atoms with E-state index in [0.29, 0.717) is 29.0 Å². The highest BCUT2D eigenvalue weighted by molar-refractivity contribution is 7.91. The molecule has 1 N–H and O–H groups in total. The lowest BCUT2D eigenvalue weighted by molar-refractivity contribution is 0.459. The number of aryl methyl sites for hydroxylation is 2. The lowest BCUT2D eigenvalue weighted by Gasteiger charge is -2.10. The van der Waals surface area contributed by atoms with Crippen molar-refractivity contribution < 1.29 is 13.2 Å². The average Bonchev–Trinajstić information content (AvgIpc) is 3.23. The standard InChI is InChI=1S/C22H21N5O3S/c1-16-5-3-6-18(13-16)15-31(28,29)26-19-7-9-20(10-8-19)30-22-14-21(24-17(2)25-22)27-12-4-11-23-27/h3-14,26H,15H2,1-2H3. The molecule has 4 aromatic rings. The van der Waals surface area contributed by atoms with Gasteiger partial charge >= 0.3 is 0 Å². The first kappa shape index (κ1) is 20.5. The number of hydrogen-bond acceptors (Lipinski definition) is 6. The summed E-state index contributed by atoms with van der Waals surface area (Å²) in [4.78, 5) is 8.63. The summed E-state index contributed by atoms with van der Waals surface area (Å²) < 4.78 is 35.0. The Morgan fingerprint density at radius 1 is 1.00 bits per heavy atom. The van der Waals surface area contributed by atoms with E-state index in [4.69, 9.17) is 4.74 Å². The van der Waals surface area contributed by atoms with Gasteiger partial charge in [-0.2, -0.15) is 10.1 Å². The number of anilines is 1. The number of nitrogens with zero attached hydrogens (tertiary/aromatic N) is 4. The van der Waals surface area contributed by atoms with Crippen molar-refractivity contribution in [2.75, 3.05) is 4.72 Å². The van der Waals surface area contributed by atoms with Crippen molar-refractivity contribution in [2.24, 2.45) is 0 Å². The summed E-state index contributed by atoms with van der Waals surface area (Å²) in [6.07, 6.45) is 3.44. The first-order valence-corrected chi connectivity index (χ1v) is 11.2. The van der Waals surface area contributed by atoms with Crippen LogP contribution in [-0.4, -0.2) is 28.2 Å². The second-order valence-corrected chi connectivity index (χ2v) is 8.76. The van der Waals surface area contributed by atoms with Gasteiger partial charge in [0.15, 0.2) is 5.82 Å². The average molecular weight is 436 g/mol. The van der Waals surface area contributed by atoms with Crippen LogP contribution in [0, 0.1) is 13.8 Å². The van der Waals surface area contributed by atoms with E-state index in [0.717, 1.165) is 11.1 Å². The Kier molecular flexibility index (Phi) is 5.68. The molecule has 0 fully saturated rings. The van der Waals surface area contributed by atoms with Crippen molar-refractivity contribution in [2.45, 2.75) is 19.6 Å². The van der Waals surface area contributed by atoms with Crippen LogP contribution in [0.1, 0.15) is 17.0 Å². The van der Waals surface area contributed by atoms with Crippen molar-refractivity contribution in [3.05, 3.63) is 90.0 Å². The van der Waals surface area contributed by atoms with Gasteiger partial charge in [0.1, 0.15) is 11.6 Å². The zero-order valence-corrected chi connectivity index (χ0v) is 17.9. The summed E-state index contributed by atoms with van der Waals surface area (Å²) in [7, 11) is -3.53. The third-order valence-corrected chi connectivity index (χ3v) is 5.59. The Balaban J connectivity index is 1.45. The first-order chi connectivity index (χ1) is 14.9. The van der Waals surface area contributed by atoms with Crippen molar-refractivity contribution in [1.82, 2.24) is 19.7 Å². The summed E-state index contributed by atoms with van der Waals surface area (Å²) in [6, 6.07) is 17.6. The number of sulfonamides is 1. The summed E-state index contributed by atoms with van der Waals surface area (Å²) in [5.41, 5.74) is 2.21. The van der Waals surface area contributed by atoms with E-state index < -0.39 is 10.0 Å². The smallest absolute Gasteiger partial charge is 0.236 e. The topological polar surface area (TPSA) is 99.0 Å². The van der Waals surface area contributed by atoms with E-state index in [9.17, 15) is 8.42 Å². The number of rotatable bonds is 7. The largest absolute Gasteiger partial charge is 0.439 e. The van der Waals surface area contributed by atoms with Crippen molar-refractivity contribution in [1.29, 1.82) is 0 Å². The van der Waals surface area contributed by atoms with Crippen LogP contribution in [0.4, 0.5) is 5.69 Å². The minimum atomic E-state index is -3.53. The summed E-state index contributed by atoms with van der Waals surface area (Å²) in [5, 5.41) is 4.16. The molecule has 0 aliphatic carbocycles. The number of nitrogens with one attached hydrogen (secondary N) is 1. The summed E-state index contributed by atoms with van der Waals surface area (Å²) in [6.45, 7) is 3.70. The molecule has 4 rings (SSSR count). The van der Waals surface area contributed by atoms with Gasteiger partial charge in [0.25, 0.3) is 0 Å². The molecule has 0 saturated heterocycles. The minimum absolute atomic E-state index is 0.0939. The molecule has 2 aromatic carbocycles. The monoisotopic (exact) mass is 435 g/mol. The zero-order chi connectivity index (χ0) is 21.8. The van der Waals surface area contributed by atoms with E-state index in [-0.39, 0.29) is 5.75 Å². The van der Waals surface area contributed by atoms with Crippen LogP contribution in [-0.2, 0) is 15.8 Å². The molecular weight excluding hydrogens is 414 g/mol. The number of benzene rings is 2. The summed E-state index contributed by atoms with van der Waals surface area (Å²) >= 11 is 0. The fraction of sp³-hybridized carbons (Fsp3) is 0.136. The molecule has 31 heavy (non-hydrogen) atoms.